The van der Waals surface area contributed by atoms with Gasteiger partial charge >= 0.3 is 6.03 Å². The lowest BCUT2D eigenvalue weighted by molar-refractivity contribution is 0.233. The quantitative estimate of drug-likeness (QED) is 0.801. The van der Waals surface area contributed by atoms with E-state index in [4.69, 9.17) is 16.0 Å². The lowest BCUT2D eigenvalue weighted by atomic mass is 10.2. The number of nitrogens with one attached hydrogen (secondary N) is 2. The minimum atomic E-state index is -0.270. The third kappa shape index (κ3) is 4.51. The Balaban J connectivity index is 1.56. The zero-order chi connectivity index (χ0) is 18.5. The predicted octanol–water partition coefficient (Wildman–Crippen LogP) is 3.96. The Bertz CT molecular complexity index is 727. The molecule has 2 amide bonds. The smallest absolute Gasteiger partial charge is 0.319 e. The van der Waals surface area contributed by atoms with Crippen molar-refractivity contribution in [3.63, 3.8) is 0 Å². The van der Waals surface area contributed by atoms with E-state index in [1.807, 2.05) is 43.3 Å². The van der Waals surface area contributed by atoms with Crippen LogP contribution in [0.1, 0.15) is 24.6 Å². The third-order valence-corrected chi connectivity index (χ3v) is 4.91. The van der Waals surface area contributed by atoms with Gasteiger partial charge in [0, 0.05) is 25.3 Å². The molecule has 1 aromatic carbocycles. The van der Waals surface area contributed by atoms with Gasteiger partial charge in [0.15, 0.2) is 0 Å². The van der Waals surface area contributed by atoms with Crippen LogP contribution in [0, 0.1) is 0 Å². The maximum absolute atomic E-state index is 12.2. The minimum Gasteiger partial charge on any atom is -0.468 e. The van der Waals surface area contributed by atoms with Gasteiger partial charge in [-0.05, 0) is 57.3 Å². The molecule has 2 N–H and O–H groups in total. The van der Waals surface area contributed by atoms with Gasteiger partial charge < -0.3 is 20.0 Å². The first kappa shape index (κ1) is 18.6. The molecule has 0 saturated carbocycles. The molecule has 6 nitrogen and oxygen atoms in total. The lowest BCUT2D eigenvalue weighted by Gasteiger charge is -2.23. The van der Waals surface area contributed by atoms with E-state index in [1.54, 1.807) is 12.3 Å². The lowest BCUT2D eigenvalue weighted by Crippen LogP contribution is -2.36. The van der Waals surface area contributed by atoms with E-state index in [2.05, 4.69) is 15.5 Å². The Kier molecular flexibility index (Phi) is 6.06. The first-order valence-electron chi connectivity index (χ1n) is 8.84. The molecule has 0 radical (unpaired) electrons. The van der Waals surface area contributed by atoms with Crippen LogP contribution in [-0.2, 0) is 0 Å². The summed E-state index contributed by atoms with van der Waals surface area (Å²) in [6, 6.07) is 9.09. The molecular formula is C19H25ClN4O2. The molecule has 1 atom stereocenters. The second kappa shape index (κ2) is 8.47. The first-order chi connectivity index (χ1) is 12.5. The Morgan fingerprint density at radius 1 is 1.31 bits per heavy atom. The van der Waals surface area contributed by atoms with Crippen LogP contribution in [0.5, 0.6) is 0 Å². The fourth-order valence-corrected chi connectivity index (χ4v) is 3.48. The molecule has 7 heteroatoms. The van der Waals surface area contributed by atoms with E-state index < -0.39 is 0 Å². The molecule has 3 rings (SSSR count). The summed E-state index contributed by atoms with van der Waals surface area (Å²) in [5.41, 5.74) is 1.70. The van der Waals surface area contributed by atoms with Crippen LogP contribution in [-0.4, -0.2) is 44.7 Å². The molecule has 140 valence electrons. The first-order valence-corrected chi connectivity index (χ1v) is 9.21. The number of likely N-dealkylation sites (N-methyl/N-ethyl adjacent to an activating group) is 1. The highest BCUT2D eigenvalue weighted by Gasteiger charge is 2.18. The number of benzene rings is 1. The number of carbonyl (C=O) groups is 1. The number of halogens is 1. The van der Waals surface area contributed by atoms with Crippen molar-refractivity contribution in [1.29, 1.82) is 0 Å². The maximum Gasteiger partial charge on any atom is 0.319 e. The van der Waals surface area contributed by atoms with Crippen molar-refractivity contribution in [3.05, 3.63) is 47.4 Å². The van der Waals surface area contributed by atoms with Crippen LogP contribution >= 0.6 is 11.6 Å². The summed E-state index contributed by atoms with van der Waals surface area (Å²) in [6.07, 6.45) is 4.03. The van der Waals surface area contributed by atoms with Gasteiger partial charge in [-0.25, -0.2) is 4.79 Å². The Hall–Kier alpha value is -2.18. The summed E-state index contributed by atoms with van der Waals surface area (Å²) in [7, 11) is 3.90. The highest BCUT2D eigenvalue weighted by atomic mass is 35.5. The maximum atomic E-state index is 12.2. The molecule has 1 unspecified atom stereocenters. The molecule has 2 aromatic rings. The number of carbonyl (C=O) groups excluding carboxylic acids is 1. The zero-order valence-electron chi connectivity index (χ0n) is 15.2. The summed E-state index contributed by atoms with van der Waals surface area (Å²) < 4.78 is 5.45. The van der Waals surface area contributed by atoms with Gasteiger partial charge in [-0.15, -0.1) is 0 Å². The fraction of sp³-hybridized carbons (Fsp3) is 0.421. The van der Waals surface area contributed by atoms with E-state index in [-0.39, 0.29) is 12.1 Å². The van der Waals surface area contributed by atoms with E-state index in [1.165, 1.54) is 12.8 Å². The normalized spacial score (nSPS) is 15.3. The molecule has 1 fully saturated rings. The summed E-state index contributed by atoms with van der Waals surface area (Å²) in [5.74, 6) is 0.813. The van der Waals surface area contributed by atoms with Crippen molar-refractivity contribution >= 4 is 29.0 Å². The summed E-state index contributed by atoms with van der Waals surface area (Å²) in [5, 5.41) is 6.38. The zero-order valence-corrected chi connectivity index (χ0v) is 15.9. The Labute approximate surface area is 159 Å². The SMILES string of the molecule is CN(C)C(CNC(=O)Nc1ccc(N2CCCC2)c(Cl)c1)c1ccco1. The largest absolute Gasteiger partial charge is 0.468 e. The van der Waals surface area contributed by atoms with E-state index >= 15 is 0 Å². The Morgan fingerprint density at radius 3 is 2.69 bits per heavy atom. The number of urea groups is 1. The van der Waals surface area contributed by atoms with Crippen LogP contribution in [0.3, 0.4) is 0 Å². The molecule has 1 aliphatic heterocycles. The van der Waals surface area contributed by atoms with Crippen molar-refractivity contribution in [3.8, 4) is 0 Å². The van der Waals surface area contributed by atoms with Gasteiger partial charge in [0.1, 0.15) is 5.76 Å². The molecule has 26 heavy (non-hydrogen) atoms. The van der Waals surface area contributed by atoms with Gasteiger partial charge in [0.05, 0.1) is 23.0 Å². The fourth-order valence-electron chi connectivity index (χ4n) is 3.18. The van der Waals surface area contributed by atoms with Gasteiger partial charge in [0.25, 0.3) is 0 Å². The van der Waals surface area contributed by atoms with Crippen LogP contribution in [0.2, 0.25) is 5.02 Å². The number of amides is 2. The number of hydrogen-bond acceptors (Lipinski definition) is 4. The van der Waals surface area contributed by atoms with Crippen LogP contribution < -0.4 is 15.5 Å². The summed E-state index contributed by atoms with van der Waals surface area (Å²) in [4.78, 5) is 16.5. The van der Waals surface area contributed by atoms with Crippen molar-refractivity contribution in [1.82, 2.24) is 10.2 Å². The number of furan rings is 1. The van der Waals surface area contributed by atoms with Crippen LogP contribution in [0.25, 0.3) is 0 Å². The number of nitrogens with zero attached hydrogens (tertiary/aromatic N) is 2. The highest BCUT2D eigenvalue weighted by molar-refractivity contribution is 6.33. The van der Waals surface area contributed by atoms with Crippen molar-refractivity contribution in [2.75, 3.05) is 43.9 Å². The highest BCUT2D eigenvalue weighted by Crippen LogP contribution is 2.31. The molecule has 1 aliphatic rings. The molecule has 0 aliphatic carbocycles. The van der Waals surface area contributed by atoms with E-state index in [9.17, 15) is 4.79 Å². The number of rotatable bonds is 6. The van der Waals surface area contributed by atoms with Gasteiger partial charge in [-0.2, -0.15) is 0 Å². The average Bonchev–Trinajstić information content (AvgIpc) is 3.28. The van der Waals surface area contributed by atoms with E-state index in [0.717, 1.165) is 24.5 Å². The standard InChI is InChI=1S/C19H25ClN4O2/c1-23(2)17(18-6-5-11-26-18)13-21-19(25)22-14-7-8-16(15(20)12-14)24-9-3-4-10-24/h5-8,11-12,17H,3-4,9-10,13H2,1-2H3,(H2,21,22,25). The molecular weight excluding hydrogens is 352 g/mol. The second-order valence-electron chi connectivity index (χ2n) is 6.69. The summed E-state index contributed by atoms with van der Waals surface area (Å²) in [6.45, 7) is 2.50. The molecule has 2 heterocycles. The second-order valence-corrected chi connectivity index (χ2v) is 7.10. The van der Waals surface area contributed by atoms with Crippen molar-refractivity contribution in [2.24, 2.45) is 0 Å². The summed E-state index contributed by atoms with van der Waals surface area (Å²) >= 11 is 6.40. The number of anilines is 2. The monoisotopic (exact) mass is 376 g/mol. The minimum absolute atomic E-state index is 0.0307. The van der Waals surface area contributed by atoms with Gasteiger partial charge in [0.2, 0.25) is 0 Å². The topological polar surface area (TPSA) is 60.8 Å². The van der Waals surface area contributed by atoms with Crippen LogP contribution in [0.4, 0.5) is 16.2 Å². The number of hydrogen-bond donors (Lipinski definition) is 2. The average molecular weight is 377 g/mol. The third-order valence-electron chi connectivity index (χ3n) is 4.60. The van der Waals surface area contributed by atoms with Crippen LogP contribution in [0.15, 0.2) is 41.0 Å². The molecule has 1 aromatic heterocycles. The van der Waals surface area contributed by atoms with Gasteiger partial charge in [-0.3, -0.25) is 4.90 Å². The Morgan fingerprint density at radius 2 is 2.08 bits per heavy atom. The van der Waals surface area contributed by atoms with Gasteiger partial charge in [-0.1, -0.05) is 11.6 Å². The van der Waals surface area contributed by atoms with E-state index in [0.29, 0.717) is 17.3 Å². The molecule has 0 spiro atoms. The van der Waals surface area contributed by atoms with Crippen molar-refractivity contribution in [2.45, 2.75) is 18.9 Å². The van der Waals surface area contributed by atoms with Crippen molar-refractivity contribution < 1.29 is 9.21 Å². The molecule has 1 saturated heterocycles. The molecule has 0 bridgehead atoms. The predicted molar refractivity (Wildman–Crippen MR) is 105 cm³/mol.